The minimum Gasteiger partial charge on any atom is -0.207 e. The fourth-order valence-corrected chi connectivity index (χ4v) is 3.50. The number of pyridine rings is 2. The average Bonchev–Trinajstić information content (AvgIpc) is 2.79. The van der Waals surface area contributed by atoms with Crippen molar-refractivity contribution in [1.82, 2.24) is 0 Å². The van der Waals surface area contributed by atoms with Crippen molar-refractivity contribution in [3.05, 3.63) is 84.3 Å². The van der Waals surface area contributed by atoms with E-state index in [2.05, 4.69) is 0 Å². The van der Waals surface area contributed by atoms with Crippen molar-refractivity contribution < 1.29 is 17.9 Å². The standard InChI is InChI=1S/C17H11F2N2S/c18-12-10-13-16(14(19)11-12)15-6-2-5-9-21(15)17(13,22)20-7-3-1-4-8-20/h1-11H/q+1/p+1/t17-/m1/s1. The zero-order valence-corrected chi connectivity index (χ0v) is 12.3. The zero-order chi connectivity index (χ0) is 15.3. The van der Waals surface area contributed by atoms with E-state index in [-0.39, 0.29) is 0 Å². The van der Waals surface area contributed by atoms with Gasteiger partial charge in [-0.2, -0.15) is 0 Å². The van der Waals surface area contributed by atoms with E-state index in [1.165, 1.54) is 6.07 Å². The van der Waals surface area contributed by atoms with Crippen LogP contribution in [0.3, 0.4) is 0 Å². The van der Waals surface area contributed by atoms with Gasteiger partial charge in [0.15, 0.2) is 18.6 Å². The summed E-state index contributed by atoms with van der Waals surface area (Å²) in [5.41, 5.74) is 1.53. The van der Waals surface area contributed by atoms with Crippen molar-refractivity contribution in [2.75, 3.05) is 0 Å². The van der Waals surface area contributed by atoms with E-state index in [0.29, 0.717) is 16.8 Å². The van der Waals surface area contributed by atoms with E-state index in [1.54, 1.807) is 6.07 Å². The van der Waals surface area contributed by atoms with Crippen LogP contribution in [0.15, 0.2) is 67.1 Å². The Morgan fingerprint density at radius 2 is 1.64 bits per heavy atom. The van der Waals surface area contributed by atoms with Crippen molar-refractivity contribution in [2.24, 2.45) is 0 Å². The van der Waals surface area contributed by atoms with Crippen LogP contribution in [0.25, 0.3) is 11.3 Å². The predicted octanol–water partition coefficient (Wildman–Crippen LogP) is 2.66. The molecule has 0 amide bonds. The van der Waals surface area contributed by atoms with Gasteiger partial charge in [0.05, 0.1) is 0 Å². The maximum Gasteiger partial charge on any atom is 0.436 e. The van der Waals surface area contributed by atoms with Crippen LogP contribution in [-0.4, -0.2) is 0 Å². The van der Waals surface area contributed by atoms with E-state index in [1.807, 2.05) is 58.1 Å². The summed E-state index contributed by atoms with van der Waals surface area (Å²) in [7, 11) is 0. The Kier molecular flexibility index (Phi) is 2.81. The molecular formula is C17H12F2N2S+2. The normalized spacial score (nSPS) is 18.9. The predicted molar refractivity (Wildman–Crippen MR) is 80.1 cm³/mol. The van der Waals surface area contributed by atoms with E-state index in [4.69, 9.17) is 12.6 Å². The Labute approximate surface area is 131 Å². The fraction of sp³-hybridized carbons (Fsp3) is 0.0588. The smallest absolute Gasteiger partial charge is 0.207 e. The maximum absolute atomic E-state index is 14.4. The third kappa shape index (κ3) is 1.66. The van der Waals surface area contributed by atoms with Crippen LogP contribution < -0.4 is 9.13 Å². The summed E-state index contributed by atoms with van der Waals surface area (Å²) in [4.78, 5) is -1.02. The van der Waals surface area contributed by atoms with Crippen molar-refractivity contribution in [3.8, 4) is 11.3 Å². The van der Waals surface area contributed by atoms with Crippen molar-refractivity contribution in [1.29, 1.82) is 0 Å². The lowest BCUT2D eigenvalue weighted by molar-refractivity contribution is -0.944. The summed E-state index contributed by atoms with van der Waals surface area (Å²) in [6.45, 7) is 0. The first kappa shape index (κ1) is 13.4. The van der Waals surface area contributed by atoms with Crippen LogP contribution in [0.2, 0.25) is 0 Å². The molecule has 5 heteroatoms. The Bertz CT molecular complexity index is 883. The number of aromatic nitrogens is 2. The first-order chi connectivity index (χ1) is 10.6. The average molecular weight is 314 g/mol. The molecule has 2 aromatic heterocycles. The van der Waals surface area contributed by atoms with Crippen LogP contribution in [0.5, 0.6) is 0 Å². The van der Waals surface area contributed by atoms with Gasteiger partial charge in [-0.25, -0.2) is 8.78 Å². The summed E-state index contributed by atoms with van der Waals surface area (Å²) in [5, 5.41) is 0. The number of thiol groups is 1. The van der Waals surface area contributed by atoms with Crippen LogP contribution in [0.4, 0.5) is 8.78 Å². The Balaban J connectivity index is 2.14. The first-order valence-corrected chi connectivity index (χ1v) is 7.27. The molecule has 2 nitrogen and oxygen atoms in total. The van der Waals surface area contributed by atoms with Gasteiger partial charge in [0.2, 0.25) is 5.69 Å². The van der Waals surface area contributed by atoms with Gasteiger partial charge in [0.25, 0.3) is 0 Å². The molecule has 0 radical (unpaired) electrons. The third-order valence-corrected chi connectivity index (χ3v) is 4.63. The molecule has 1 aromatic carbocycles. The topological polar surface area (TPSA) is 7.76 Å². The molecular weight excluding hydrogens is 302 g/mol. The summed E-state index contributed by atoms with van der Waals surface area (Å²) in [6, 6.07) is 13.3. The molecule has 0 saturated carbocycles. The summed E-state index contributed by atoms with van der Waals surface area (Å²) >= 11 is 4.82. The quantitative estimate of drug-likeness (QED) is 0.522. The highest BCUT2D eigenvalue weighted by atomic mass is 32.1. The van der Waals surface area contributed by atoms with E-state index in [9.17, 15) is 8.78 Å². The molecule has 3 aromatic rings. The lowest BCUT2D eigenvalue weighted by Gasteiger charge is -2.14. The number of rotatable bonds is 1. The number of hydrogen-bond acceptors (Lipinski definition) is 1. The Morgan fingerprint density at radius 3 is 2.41 bits per heavy atom. The molecule has 0 aliphatic carbocycles. The van der Waals surface area contributed by atoms with Crippen LogP contribution in [0, 0.1) is 11.6 Å². The molecule has 0 spiro atoms. The number of nitrogens with zero attached hydrogens (tertiary/aromatic N) is 2. The largest absolute Gasteiger partial charge is 0.436 e. The van der Waals surface area contributed by atoms with Gasteiger partial charge in [0.1, 0.15) is 22.8 Å². The monoisotopic (exact) mass is 314 g/mol. The number of hydrogen-bond donors (Lipinski definition) is 1. The van der Waals surface area contributed by atoms with Crippen molar-refractivity contribution in [3.63, 3.8) is 0 Å². The molecule has 0 bridgehead atoms. The highest BCUT2D eigenvalue weighted by molar-refractivity contribution is 7.80. The van der Waals surface area contributed by atoms with E-state index >= 15 is 0 Å². The molecule has 22 heavy (non-hydrogen) atoms. The number of benzene rings is 1. The molecule has 4 rings (SSSR count). The first-order valence-electron chi connectivity index (χ1n) is 6.82. The highest BCUT2D eigenvalue weighted by Crippen LogP contribution is 2.39. The molecule has 1 aliphatic rings. The van der Waals surface area contributed by atoms with Crippen molar-refractivity contribution in [2.45, 2.75) is 4.99 Å². The lowest BCUT2D eigenvalue weighted by atomic mass is 10.0. The SMILES string of the molecule is Fc1cc(F)c2c(c1)[C@@](S)([n+]1ccccc1)[n+]1ccccc1-2. The van der Waals surface area contributed by atoms with Gasteiger partial charge in [-0.1, -0.05) is 6.07 Å². The highest BCUT2D eigenvalue weighted by Gasteiger charge is 2.57. The summed E-state index contributed by atoms with van der Waals surface area (Å²) < 4.78 is 31.9. The van der Waals surface area contributed by atoms with Gasteiger partial charge in [-0.15, -0.1) is 9.13 Å². The minimum atomic E-state index is -1.02. The Morgan fingerprint density at radius 1 is 0.909 bits per heavy atom. The Hall–Kier alpha value is -2.27. The second kappa shape index (κ2) is 4.61. The lowest BCUT2D eigenvalue weighted by Crippen LogP contribution is -2.69. The maximum atomic E-state index is 14.4. The van der Waals surface area contributed by atoms with E-state index in [0.717, 1.165) is 6.07 Å². The molecule has 3 heterocycles. The molecule has 0 unspecified atom stereocenters. The minimum absolute atomic E-state index is 0.383. The molecule has 0 saturated heterocycles. The fourth-order valence-electron chi connectivity index (χ4n) is 3.02. The van der Waals surface area contributed by atoms with Gasteiger partial charge in [0, 0.05) is 30.3 Å². The number of halogens is 2. The summed E-state index contributed by atoms with van der Waals surface area (Å²) in [5.74, 6) is -1.19. The second-order valence-electron chi connectivity index (χ2n) is 5.18. The summed E-state index contributed by atoms with van der Waals surface area (Å²) in [6.07, 6.45) is 5.48. The number of fused-ring (bicyclic) bond motifs is 3. The molecule has 0 N–H and O–H groups in total. The molecule has 108 valence electrons. The van der Waals surface area contributed by atoms with Crippen LogP contribution in [0.1, 0.15) is 5.56 Å². The van der Waals surface area contributed by atoms with Gasteiger partial charge >= 0.3 is 4.99 Å². The molecule has 1 atom stereocenters. The van der Waals surface area contributed by atoms with Gasteiger partial charge in [-0.05, 0) is 24.8 Å². The zero-order valence-electron chi connectivity index (χ0n) is 11.4. The third-order valence-electron chi connectivity index (χ3n) is 3.94. The molecule has 1 aliphatic heterocycles. The van der Waals surface area contributed by atoms with Crippen LogP contribution >= 0.6 is 12.6 Å². The van der Waals surface area contributed by atoms with Gasteiger partial charge in [-0.3, -0.25) is 0 Å². The van der Waals surface area contributed by atoms with Gasteiger partial charge < -0.3 is 0 Å². The molecule has 0 fully saturated rings. The van der Waals surface area contributed by atoms with Crippen molar-refractivity contribution >= 4 is 12.6 Å². The van der Waals surface area contributed by atoms with E-state index < -0.39 is 16.6 Å². The second-order valence-corrected chi connectivity index (χ2v) is 5.81. The van der Waals surface area contributed by atoms with Crippen LogP contribution in [-0.2, 0) is 4.99 Å².